The Morgan fingerprint density at radius 2 is 2.00 bits per heavy atom. The Morgan fingerprint density at radius 3 is 2.36 bits per heavy atom. The molecule has 0 aliphatic heterocycles. The van der Waals surface area contributed by atoms with Gasteiger partial charge in [-0.1, -0.05) is 0 Å². The number of nitrogens with zero attached hydrogens (tertiary/aromatic N) is 4. The van der Waals surface area contributed by atoms with Gasteiger partial charge in [-0.2, -0.15) is 0 Å². The van der Waals surface area contributed by atoms with Crippen LogP contribution in [0.15, 0.2) is 0 Å². The van der Waals surface area contributed by atoms with Crippen LogP contribution in [-0.4, -0.2) is 33.8 Å². The van der Waals surface area contributed by atoms with E-state index in [9.17, 15) is 0 Å². The first kappa shape index (κ1) is 8.20. The van der Waals surface area contributed by atoms with E-state index in [0.717, 1.165) is 18.2 Å². The van der Waals surface area contributed by atoms with Gasteiger partial charge >= 0.3 is 0 Å². The summed E-state index contributed by atoms with van der Waals surface area (Å²) in [6.07, 6.45) is 0. The molecule has 0 bridgehead atoms. The highest BCUT2D eigenvalue weighted by Gasteiger charge is 2.04. The molecule has 0 amide bonds. The molecule has 62 valence electrons. The fraction of sp³-hybridized carbons (Fsp3) is 0.714. The summed E-state index contributed by atoms with van der Waals surface area (Å²) in [5, 5.41) is 7.98. The van der Waals surface area contributed by atoms with Crippen molar-refractivity contribution in [3.63, 3.8) is 0 Å². The van der Waals surface area contributed by atoms with Crippen molar-refractivity contribution < 1.29 is 0 Å². The van der Waals surface area contributed by atoms with Crippen molar-refractivity contribution in [2.24, 2.45) is 7.05 Å². The molecule has 1 aromatic rings. The predicted octanol–water partition coefficient (Wildman–Crippen LogP) is 0.185. The lowest BCUT2D eigenvalue weighted by atomic mass is 10.5. The van der Waals surface area contributed by atoms with Gasteiger partial charge in [0.15, 0.2) is 0 Å². The van der Waals surface area contributed by atoms with Gasteiger partial charge in [0.2, 0.25) is 0 Å². The highest BCUT2D eigenvalue weighted by atomic mass is 15.3. The maximum atomic E-state index is 4.03. The van der Waals surface area contributed by atoms with Gasteiger partial charge in [0.25, 0.3) is 0 Å². The third-order valence-corrected chi connectivity index (χ3v) is 1.64. The zero-order valence-electron chi connectivity index (χ0n) is 7.50. The van der Waals surface area contributed by atoms with Crippen molar-refractivity contribution in [2.75, 3.05) is 14.1 Å². The second-order valence-corrected chi connectivity index (χ2v) is 2.96. The standard InChI is InChI=1S/C7H14N4/c1-6-8-9-7(11(6)4)5-10(2)3/h5H2,1-4H3. The molecule has 0 N–H and O–H groups in total. The van der Waals surface area contributed by atoms with Crippen molar-refractivity contribution in [3.8, 4) is 0 Å². The van der Waals surface area contributed by atoms with E-state index in [1.165, 1.54) is 0 Å². The van der Waals surface area contributed by atoms with E-state index >= 15 is 0 Å². The summed E-state index contributed by atoms with van der Waals surface area (Å²) in [4.78, 5) is 2.07. The lowest BCUT2D eigenvalue weighted by molar-refractivity contribution is 0.384. The van der Waals surface area contributed by atoms with E-state index in [-0.39, 0.29) is 0 Å². The van der Waals surface area contributed by atoms with Gasteiger partial charge in [-0.25, -0.2) is 0 Å². The van der Waals surface area contributed by atoms with Crippen LogP contribution < -0.4 is 0 Å². The number of rotatable bonds is 2. The average molecular weight is 154 g/mol. The fourth-order valence-electron chi connectivity index (χ4n) is 0.872. The minimum atomic E-state index is 0.845. The van der Waals surface area contributed by atoms with Crippen LogP contribution in [0.1, 0.15) is 11.6 Å². The summed E-state index contributed by atoms with van der Waals surface area (Å²) in [6, 6.07) is 0. The Morgan fingerprint density at radius 1 is 1.36 bits per heavy atom. The quantitative estimate of drug-likeness (QED) is 0.609. The molecule has 1 aromatic heterocycles. The Kier molecular flexibility index (Phi) is 2.24. The van der Waals surface area contributed by atoms with Crippen LogP contribution in [0.5, 0.6) is 0 Å². The molecule has 0 atom stereocenters. The molecule has 4 heteroatoms. The Labute approximate surface area is 66.8 Å². The van der Waals surface area contributed by atoms with Crippen LogP contribution in [0.2, 0.25) is 0 Å². The van der Waals surface area contributed by atoms with Crippen molar-refractivity contribution in [3.05, 3.63) is 11.6 Å². The molecule has 0 fully saturated rings. The van der Waals surface area contributed by atoms with Crippen molar-refractivity contribution in [1.82, 2.24) is 19.7 Å². The minimum Gasteiger partial charge on any atom is -0.317 e. The number of hydrogen-bond acceptors (Lipinski definition) is 3. The Balaban J connectivity index is 2.79. The van der Waals surface area contributed by atoms with Gasteiger partial charge in [-0.15, -0.1) is 10.2 Å². The molecule has 0 saturated heterocycles. The first-order valence-corrected chi connectivity index (χ1v) is 3.61. The number of aryl methyl sites for hydroxylation is 1. The van der Waals surface area contributed by atoms with Gasteiger partial charge in [-0.3, -0.25) is 0 Å². The van der Waals surface area contributed by atoms with E-state index in [0.29, 0.717) is 0 Å². The summed E-state index contributed by atoms with van der Waals surface area (Å²) in [5.41, 5.74) is 0. The summed E-state index contributed by atoms with van der Waals surface area (Å²) >= 11 is 0. The van der Waals surface area contributed by atoms with Crippen LogP contribution in [0, 0.1) is 6.92 Å². The number of hydrogen-bond donors (Lipinski definition) is 0. The van der Waals surface area contributed by atoms with Gasteiger partial charge in [-0.05, 0) is 21.0 Å². The number of aromatic nitrogens is 3. The molecule has 0 radical (unpaired) electrons. The third kappa shape index (κ3) is 1.77. The lowest BCUT2D eigenvalue weighted by Crippen LogP contribution is -2.14. The summed E-state index contributed by atoms with van der Waals surface area (Å²) in [7, 11) is 6.02. The normalized spacial score (nSPS) is 11.0. The molecule has 0 aliphatic rings. The maximum absolute atomic E-state index is 4.03. The first-order chi connectivity index (χ1) is 5.11. The van der Waals surface area contributed by atoms with E-state index in [2.05, 4.69) is 15.1 Å². The molecule has 11 heavy (non-hydrogen) atoms. The van der Waals surface area contributed by atoms with Crippen LogP contribution in [-0.2, 0) is 13.6 Å². The largest absolute Gasteiger partial charge is 0.317 e. The smallest absolute Gasteiger partial charge is 0.146 e. The molecular formula is C7H14N4. The summed E-state index contributed by atoms with van der Waals surface area (Å²) in [5.74, 6) is 1.97. The highest BCUT2D eigenvalue weighted by molar-refractivity contribution is 4.91. The average Bonchev–Trinajstić information content (AvgIpc) is 2.18. The van der Waals surface area contributed by atoms with Gasteiger partial charge in [0.05, 0.1) is 6.54 Å². The molecular weight excluding hydrogens is 140 g/mol. The predicted molar refractivity (Wildman–Crippen MR) is 43.1 cm³/mol. The van der Waals surface area contributed by atoms with Crippen LogP contribution in [0.4, 0.5) is 0 Å². The van der Waals surface area contributed by atoms with E-state index in [4.69, 9.17) is 0 Å². The molecule has 0 aromatic carbocycles. The SMILES string of the molecule is Cc1nnc(CN(C)C)n1C. The van der Waals surface area contributed by atoms with Crippen molar-refractivity contribution >= 4 is 0 Å². The van der Waals surface area contributed by atoms with Crippen LogP contribution >= 0.6 is 0 Å². The molecule has 0 saturated carbocycles. The fourth-order valence-corrected chi connectivity index (χ4v) is 0.872. The minimum absolute atomic E-state index is 0.845. The van der Waals surface area contributed by atoms with E-state index in [1.807, 2.05) is 32.6 Å². The molecule has 1 heterocycles. The summed E-state index contributed by atoms with van der Waals surface area (Å²) in [6.45, 7) is 2.80. The Hall–Kier alpha value is -0.900. The zero-order valence-corrected chi connectivity index (χ0v) is 7.50. The lowest BCUT2D eigenvalue weighted by Gasteiger charge is -2.07. The first-order valence-electron chi connectivity index (χ1n) is 3.61. The van der Waals surface area contributed by atoms with Gasteiger partial charge in [0.1, 0.15) is 11.6 Å². The topological polar surface area (TPSA) is 34.0 Å². The molecule has 4 nitrogen and oxygen atoms in total. The van der Waals surface area contributed by atoms with Crippen molar-refractivity contribution in [1.29, 1.82) is 0 Å². The monoisotopic (exact) mass is 154 g/mol. The Bertz CT molecular complexity index is 239. The summed E-state index contributed by atoms with van der Waals surface area (Å²) < 4.78 is 2.00. The van der Waals surface area contributed by atoms with E-state index < -0.39 is 0 Å². The molecule has 0 unspecified atom stereocenters. The maximum Gasteiger partial charge on any atom is 0.146 e. The molecule has 1 rings (SSSR count). The second-order valence-electron chi connectivity index (χ2n) is 2.96. The van der Waals surface area contributed by atoms with Gasteiger partial charge < -0.3 is 9.47 Å². The van der Waals surface area contributed by atoms with Gasteiger partial charge in [0, 0.05) is 7.05 Å². The zero-order chi connectivity index (χ0) is 8.43. The van der Waals surface area contributed by atoms with Crippen LogP contribution in [0.25, 0.3) is 0 Å². The molecule has 0 aliphatic carbocycles. The van der Waals surface area contributed by atoms with E-state index in [1.54, 1.807) is 0 Å². The van der Waals surface area contributed by atoms with Crippen molar-refractivity contribution in [2.45, 2.75) is 13.5 Å². The molecule has 0 spiro atoms. The third-order valence-electron chi connectivity index (χ3n) is 1.64. The highest BCUT2D eigenvalue weighted by Crippen LogP contribution is 1.98. The van der Waals surface area contributed by atoms with Crippen LogP contribution in [0.3, 0.4) is 0 Å². The second kappa shape index (κ2) is 3.00.